The first-order valence-electron chi connectivity index (χ1n) is 16.6. The first-order chi connectivity index (χ1) is 27.0. The lowest BCUT2D eigenvalue weighted by molar-refractivity contribution is -0.290. The SMILES string of the molecule is C=CC(=O)Oc1ccc(C(c2ccc(OCC(CC)Oc3ccc(C(c4ccc(OC(=O)C=C)cc4)(C(F)(F)F)C(F)(F)F)cc3)cc2)(C(F)(F)F)C(F)(F)F)cc1. The van der Waals surface area contributed by atoms with Crippen LogP contribution in [0.1, 0.15) is 35.6 Å². The Morgan fingerprint density at radius 1 is 0.500 bits per heavy atom. The van der Waals surface area contributed by atoms with Gasteiger partial charge in [-0.3, -0.25) is 0 Å². The lowest BCUT2D eigenvalue weighted by Gasteiger charge is -2.38. The normalized spacial score (nSPS) is 13.3. The fraction of sp³-hybridized carbons (Fsp3) is 0.250. The minimum atomic E-state index is -5.94. The molecule has 0 aliphatic carbocycles. The summed E-state index contributed by atoms with van der Waals surface area (Å²) in [6, 6.07) is 10.7. The highest BCUT2D eigenvalue weighted by Crippen LogP contribution is 2.58. The molecule has 4 aromatic rings. The number of hydrogen-bond donors (Lipinski definition) is 0. The molecule has 0 aliphatic rings. The Bertz CT molecular complexity index is 2020. The Labute approximate surface area is 322 Å². The number of halogens is 12. The highest BCUT2D eigenvalue weighted by molar-refractivity contribution is 5.83. The van der Waals surface area contributed by atoms with E-state index in [2.05, 4.69) is 13.2 Å². The van der Waals surface area contributed by atoms with Gasteiger partial charge in [-0.15, -0.1) is 0 Å². The number of ether oxygens (including phenoxy) is 4. The van der Waals surface area contributed by atoms with Crippen LogP contribution in [0, 0.1) is 0 Å². The highest BCUT2D eigenvalue weighted by Gasteiger charge is 2.73. The zero-order chi connectivity index (χ0) is 43.3. The zero-order valence-corrected chi connectivity index (χ0v) is 29.8. The van der Waals surface area contributed by atoms with Gasteiger partial charge in [-0.25, -0.2) is 9.59 Å². The molecule has 1 unspecified atom stereocenters. The number of rotatable bonds is 14. The van der Waals surface area contributed by atoms with Crippen molar-refractivity contribution in [2.45, 2.75) is 55.0 Å². The van der Waals surface area contributed by atoms with Crippen molar-refractivity contribution >= 4 is 11.9 Å². The number of carbonyl (C=O) groups is 2. The van der Waals surface area contributed by atoms with Gasteiger partial charge in [-0.05, 0) is 77.2 Å². The largest absolute Gasteiger partial charge is 0.490 e. The second kappa shape index (κ2) is 16.9. The molecule has 310 valence electrons. The van der Waals surface area contributed by atoms with Gasteiger partial charge in [0.15, 0.2) is 0 Å². The zero-order valence-electron chi connectivity index (χ0n) is 29.8. The molecule has 4 aromatic carbocycles. The van der Waals surface area contributed by atoms with Crippen LogP contribution in [0.2, 0.25) is 0 Å². The first kappa shape index (κ1) is 44.8. The number of carbonyl (C=O) groups excluding carboxylic acids is 2. The van der Waals surface area contributed by atoms with Gasteiger partial charge in [0.25, 0.3) is 0 Å². The summed E-state index contributed by atoms with van der Waals surface area (Å²) < 4.78 is 196. The monoisotopic (exact) mass is 834 g/mol. The van der Waals surface area contributed by atoms with Crippen molar-refractivity contribution in [2.24, 2.45) is 0 Å². The molecule has 0 heterocycles. The van der Waals surface area contributed by atoms with Crippen molar-refractivity contribution in [2.75, 3.05) is 6.61 Å². The van der Waals surface area contributed by atoms with E-state index in [0.29, 0.717) is 48.5 Å². The second-order valence-electron chi connectivity index (χ2n) is 12.3. The average molecular weight is 835 g/mol. The summed E-state index contributed by atoms with van der Waals surface area (Å²) in [5.74, 6) is -3.10. The molecule has 18 heteroatoms. The first-order valence-corrected chi connectivity index (χ1v) is 16.6. The summed E-state index contributed by atoms with van der Waals surface area (Å²) >= 11 is 0. The van der Waals surface area contributed by atoms with Crippen LogP contribution in [0.5, 0.6) is 23.0 Å². The van der Waals surface area contributed by atoms with Gasteiger partial charge in [-0.1, -0.05) is 68.6 Å². The average Bonchev–Trinajstić information content (AvgIpc) is 3.14. The third-order valence-electron chi connectivity index (χ3n) is 8.81. The van der Waals surface area contributed by atoms with E-state index >= 15 is 0 Å². The Morgan fingerprint density at radius 3 is 1.03 bits per heavy atom. The van der Waals surface area contributed by atoms with E-state index in [4.69, 9.17) is 18.9 Å². The smallest absolute Gasteiger partial charge is 0.411 e. The van der Waals surface area contributed by atoms with Crippen molar-refractivity contribution in [3.8, 4) is 23.0 Å². The molecule has 0 spiro atoms. The van der Waals surface area contributed by atoms with Crippen molar-refractivity contribution in [1.29, 1.82) is 0 Å². The number of hydrogen-bond acceptors (Lipinski definition) is 6. The van der Waals surface area contributed by atoms with Gasteiger partial charge in [-0.2, -0.15) is 52.7 Å². The fourth-order valence-corrected chi connectivity index (χ4v) is 6.03. The number of esters is 2. The van der Waals surface area contributed by atoms with E-state index in [-0.39, 0.29) is 29.4 Å². The van der Waals surface area contributed by atoms with Crippen LogP contribution in [0.15, 0.2) is 122 Å². The quantitative estimate of drug-likeness (QED) is 0.0545. The maximum atomic E-state index is 14.6. The molecule has 0 saturated heterocycles. The minimum Gasteiger partial charge on any atom is -0.490 e. The molecule has 0 N–H and O–H groups in total. The van der Waals surface area contributed by atoms with Gasteiger partial charge in [0.05, 0.1) is 0 Å². The van der Waals surface area contributed by atoms with Crippen LogP contribution in [0.4, 0.5) is 52.7 Å². The molecule has 0 radical (unpaired) electrons. The third kappa shape index (κ3) is 8.79. The summed E-state index contributed by atoms with van der Waals surface area (Å²) in [6.07, 6.45) is -23.1. The van der Waals surface area contributed by atoms with Gasteiger partial charge >= 0.3 is 36.6 Å². The summed E-state index contributed by atoms with van der Waals surface area (Å²) in [5, 5.41) is 0. The molecule has 0 saturated carbocycles. The Morgan fingerprint density at radius 2 is 0.776 bits per heavy atom. The fourth-order valence-electron chi connectivity index (χ4n) is 6.03. The van der Waals surface area contributed by atoms with Gasteiger partial charge in [0.2, 0.25) is 10.8 Å². The maximum absolute atomic E-state index is 14.6. The topological polar surface area (TPSA) is 71.1 Å². The third-order valence-corrected chi connectivity index (χ3v) is 8.81. The predicted octanol–water partition coefficient (Wildman–Crippen LogP) is 10.9. The van der Waals surface area contributed by atoms with Crippen molar-refractivity contribution in [1.82, 2.24) is 0 Å². The van der Waals surface area contributed by atoms with Gasteiger partial charge < -0.3 is 18.9 Å². The predicted molar refractivity (Wildman–Crippen MR) is 183 cm³/mol. The van der Waals surface area contributed by atoms with Crippen LogP contribution in [0.25, 0.3) is 0 Å². The molecule has 0 bridgehead atoms. The molecule has 58 heavy (non-hydrogen) atoms. The molecule has 4 rings (SSSR count). The maximum Gasteiger partial charge on any atom is 0.411 e. The van der Waals surface area contributed by atoms with Crippen molar-refractivity contribution in [3.63, 3.8) is 0 Å². The van der Waals surface area contributed by atoms with Crippen molar-refractivity contribution in [3.05, 3.63) is 145 Å². The lowest BCUT2D eigenvalue weighted by atomic mass is 9.73. The van der Waals surface area contributed by atoms with E-state index in [1.54, 1.807) is 6.92 Å². The molecule has 1 atom stereocenters. The van der Waals surface area contributed by atoms with Crippen LogP contribution >= 0.6 is 0 Å². The number of benzene rings is 4. The van der Waals surface area contributed by atoms with Crippen LogP contribution in [0.3, 0.4) is 0 Å². The van der Waals surface area contributed by atoms with E-state index in [0.717, 1.165) is 60.7 Å². The Balaban J connectivity index is 1.58. The van der Waals surface area contributed by atoms with E-state index < -0.39 is 82.4 Å². The molecule has 0 fully saturated rings. The summed E-state index contributed by atoms with van der Waals surface area (Å²) in [5.41, 5.74) is -14.0. The van der Waals surface area contributed by atoms with Gasteiger partial charge in [0, 0.05) is 12.2 Å². The standard InChI is InChI=1S/C40H30F12O6/c1-4-28(56-30-17-9-25(10-18-30)36(39(47,48)49,40(50,51)52)27-13-21-32(22-14-27)58-34(54)6-3)23-55-29-15-7-24(8-16-29)35(37(41,42)43,38(44,45)46)26-11-19-31(20-12-26)57-33(53)5-2/h5-22,28H,2-4,23H2,1H3. The minimum absolute atomic E-state index is 0.112. The molecular formula is C40H30F12O6. The molecule has 6 nitrogen and oxygen atoms in total. The molecule has 0 aliphatic heterocycles. The molecule has 0 amide bonds. The number of alkyl halides is 12. The summed E-state index contributed by atoms with van der Waals surface area (Å²) in [4.78, 5) is 22.9. The van der Waals surface area contributed by atoms with Crippen LogP contribution in [-0.4, -0.2) is 49.4 Å². The molecule has 0 aromatic heterocycles. The van der Waals surface area contributed by atoms with Crippen molar-refractivity contribution < 1.29 is 81.2 Å². The summed E-state index contributed by atoms with van der Waals surface area (Å²) in [7, 11) is 0. The Hall–Kier alpha value is -5.94. The van der Waals surface area contributed by atoms with E-state index in [1.807, 2.05) is 0 Å². The second-order valence-corrected chi connectivity index (χ2v) is 12.3. The summed E-state index contributed by atoms with van der Waals surface area (Å²) in [6.45, 7) is 7.45. The van der Waals surface area contributed by atoms with Gasteiger partial charge in [0.1, 0.15) is 35.7 Å². The molecular weight excluding hydrogens is 804 g/mol. The van der Waals surface area contributed by atoms with Crippen LogP contribution in [-0.2, 0) is 20.4 Å². The van der Waals surface area contributed by atoms with E-state index in [9.17, 15) is 62.3 Å². The lowest BCUT2D eigenvalue weighted by Crippen LogP contribution is -2.54. The van der Waals surface area contributed by atoms with E-state index in [1.165, 1.54) is 0 Å². The Kier molecular flexibility index (Phi) is 13.0. The van der Waals surface area contributed by atoms with Crippen LogP contribution < -0.4 is 18.9 Å². The highest BCUT2D eigenvalue weighted by atomic mass is 19.4.